The molecule has 1 saturated carbocycles. The van der Waals surface area contributed by atoms with E-state index in [2.05, 4.69) is 4.74 Å². The Labute approximate surface area is 63.6 Å². The van der Waals surface area contributed by atoms with E-state index in [0.717, 1.165) is 0 Å². The van der Waals surface area contributed by atoms with Gasteiger partial charge in [0, 0.05) is 0 Å². The van der Waals surface area contributed by atoms with Gasteiger partial charge in [0.25, 0.3) is 0 Å². The molecule has 0 aromatic carbocycles. The highest BCUT2D eigenvalue weighted by Crippen LogP contribution is 2.15. The van der Waals surface area contributed by atoms with Gasteiger partial charge in [-0.2, -0.15) is 0 Å². The van der Waals surface area contributed by atoms with Crippen LogP contribution in [0.1, 0.15) is 25.7 Å². The topological polar surface area (TPSA) is 83.8 Å². The summed E-state index contributed by atoms with van der Waals surface area (Å²) >= 11 is 0. The lowest BCUT2D eigenvalue weighted by Crippen LogP contribution is -2.05. The molecular formula is C6H10O5. The average molecular weight is 162 g/mol. The van der Waals surface area contributed by atoms with Crippen molar-refractivity contribution in [3.05, 3.63) is 0 Å². The summed E-state index contributed by atoms with van der Waals surface area (Å²) in [6.45, 7) is 0. The molecule has 0 unspecified atom stereocenters. The molecule has 5 nitrogen and oxygen atoms in total. The van der Waals surface area contributed by atoms with Crippen molar-refractivity contribution in [2.75, 3.05) is 0 Å². The van der Waals surface area contributed by atoms with E-state index in [-0.39, 0.29) is 0 Å². The summed E-state index contributed by atoms with van der Waals surface area (Å²) in [7, 11) is 0. The highest BCUT2D eigenvalue weighted by atomic mass is 16.7. The second-order valence-electron chi connectivity index (χ2n) is 2.05. The number of ether oxygens (including phenoxy) is 1. The third-order valence-corrected chi connectivity index (χ3v) is 1.17. The van der Waals surface area contributed by atoms with Gasteiger partial charge in [-0.3, -0.25) is 0 Å². The average Bonchev–Trinajstić information content (AvgIpc) is 1.52. The van der Waals surface area contributed by atoms with Gasteiger partial charge in [-0.05, 0) is 0 Å². The van der Waals surface area contributed by atoms with E-state index in [1.165, 1.54) is 25.7 Å². The van der Waals surface area contributed by atoms with Gasteiger partial charge in [-0.25, -0.2) is 9.59 Å². The minimum Gasteiger partial charge on any atom is -0.449 e. The molecular weight excluding hydrogens is 152 g/mol. The maximum atomic E-state index is 9.21. The van der Waals surface area contributed by atoms with Crippen molar-refractivity contribution in [1.29, 1.82) is 0 Å². The Bertz CT molecular complexity index is 122. The van der Waals surface area contributed by atoms with Crippen molar-refractivity contribution < 1.29 is 24.5 Å². The molecule has 0 radical (unpaired) electrons. The largest absolute Gasteiger partial charge is 0.516 e. The van der Waals surface area contributed by atoms with Crippen LogP contribution in [0.2, 0.25) is 0 Å². The van der Waals surface area contributed by atoms with Crippen molar-refractivity contribution in [3.8, 4) is 0 Å². The molecule has 0 spiro atoms. The minimum atomic E-state index is -1.81. The second kappa shape index (κ2) is 5.52. The van der Waals surface area contributed by atoms with Crippen LogP contribution < -0.4 is 0 Å². The molecule has 1 rings (SSSR count). The first-order valence-corrected chi connectivity index (χ1v) is 3.26. The first-order valence-electron chi connectivity index (χ1n) is 3.26. The maximum Gasteiger partial charge on any atom is 0.516 e. The third-order valence-electron chi connectivity index (χ3n) is 1.17. The molecule has 0 aromatic heterocycles. The first-order chi connectivity index (χ1) is 5.13. The predicted octanol–water partition coefficient (Wildman–Crippen LogP) is 1.92. The lowest BCUT2D eigenvalue weighted by Gasteiger charge is -2.05. The molecule has 64 valence electrons. The van der Waals surface area contributed by atoms with E-state index in [1.807, 2.05) is 0 Å². The highest BCUT2D eigenvalue weighted by Gasteiger charge is 2.01. The zero-order chi connectivity index (χ0) is 8.69. The number of rotatable bonds is 0. The summed E-state index contributed by atoms with van der Waals surface area (Å²) in [5, 5.41) is 15.0. The van der Waals surface area contributed by atoms with Crippen molar-refractivity contribution >= 4 is 12.3 Å². The molecule has 2 N–H and O–H groups in total. The first kappa shape index (κ1) is 9.74. The van der Waals surface area contributed by atoms with Crippen LogP contribution in [0.3, 0.4) is 0 Å². The molecule has 1 aliphatic rings. The fourth-order valence-electron chi connectivity index (χ4n) is 0.325. The molecule has 0 aromatic rings. The third kappa shape index (κ3) is 8.74. The van der Waals surface area contributed by atoms with Gasteiger partial charge in [0.2, 0.25) is 0 Å². The van der Waals surface area contributed by atoms with E-state index < -0.39 is 12.3 Å². The number of hydrogen-bond acceptors (Lipinski definition) is 3. The molecule has 0 amide bonds. The summed E-state index contributed by atoms with van der Waals surface area (Å²) in [6, 6.07) is 0. The molecule has 0 heterocycles. The van der Waals surface area contributed by atoms with Crippen LogP contribution >= 0.6 is 0 Å². The molecule has 11 heavy (non-hydrogen) atoms. The van der Waals surface area contributed by atoms with Crippen LogP contribution in [0.15, 0.2) is 0 Å². The van der Waals surface area contributed by atoms with Crippen LogP contribution in [0.5, 0.6) is 0 Å². The van der Waals surface area contributed by atoms with E-state index in [1.54, 1.807) is 0 Å². The van der Waals surface area contributed by atoms with Gasteiger partial charge in [-0.15, -0.1) is 0 Å². The highest BCUT2D eigenvalue weighted by molar-refractivity contribution is 5.74. The zero-order valence-electron chi connectivity index (χ0n) is 5.95. The van der Waals surface area contributed by atoms with Gasteiger partial charge in [0.15, 0.2) is 0 Å². The summed E-state index contributed by atoms with van der Waals surface area (Å²) in [4.78, 5) is 18.4. The van der Waals surface area contributed by atoms with Crippen LogP contribution in [0.25, 0.3) is 0 Å². The number of carboxylic acid groups (broad SMARTS) is 2. The van der Waals surface area contributed by atoms with Crippen LogP contribution in [-0.2, 0) is 4.74 Å². The Morgan fingerprint density at radius 1 is 0.909 bits per heavy atom. The van der Waals surface area contributed by atoms with Crippen molar-refractivity contribution in [1.82, 2.24) is 0 Å². The molecule has 0 atom stereocenters. The molecule has 1 aliphatic carbocycles. The fraction of sp³-hybridized carbons (Fsp3) is 0.667. The minimum absolute atomic E-state index is 1.50. The van der Waals surface area contributed by atoms with E-state index in [4.69, 9.17) is 10.2 Å². The Hall–Kier alpha value is -1.26. The quantitative estimate of drug-likeness (QED) is 0.420. The summed E-state index contributed by atoms with van der Waals surface area (Å²) < 4.78 is 3.08. The van der Waals surface area contributed by atoms with Gasteiger partial charge < -0.3 is 14.9 Å². The maximum absolute atomic E-state index is 9.21. The van der Waals surface area contributed by atoms with Crippen molar-refractivity contribution in [3.63, 3.8) is 0 Å². The van der Waals surface area contributed by atoms with Crippen molar-refractivity contribution in [2.24, 2.45) is 0 Å². The normalized spacial score (nSPS) is 13.5. The Kier molecular flexibility index (Phi) is 4.89. The van der Waals surface area contributed by atoms with Crippen LogP contribution in [0, 0.1) is 0 Å². The van der Waals surface area contributed by atoms with Crippen LogP contribution in [0.4, 0.5) is 9.59 Å². The zero-order valence-corrected chi connectivity index (χ0v) is 5.95. The summed E-state index contributed by atoms with van der Waals surface area (Å²) in [6.07, 6.45) is 2.38. The Morgan fingerprint density at radius 3 is 1.18 bits per heavy atom. The van der Waals surface area contributed by atoms with Crippen LogP contribution in [-0.4, -0.2) is 22.5 Å². The van der Waals surface area contributed by atoms with E-state index in [9.17, 15) is 9.59 Å². The Balaban J connectivity index is 0.000000207. The van der Waals surface area contributed by atoms with Gasteiger partial charge in [-0.1, -0.05) is 25.7 Å². The number of carbonyl (C=O) groups is 2. The van der Waals surface area contributed by atoms with Gasteiger partial charge in [0.05, 0.1) is 0 Å². The molecule has 0 saturated heterocycles. The fourth-order valence-corrected chi connectivity index (χ4v) is 0.325. The number of hydrogen-bond donors (Lipinski definition) is 2. The second-order valence-corrected chi connectivity index (χ2v) is 2.05. The standard InChI is InChI=1S/C4H8.C2H2O5/c1-2-4-3-1;3-1(4)7-2(5)6/h1-4H2;(H,3,4)(H,5,6). The smallest absolute Gasteiger partial charge is 0.449 e. The monoisotopic (exact) mass is 162 g/mol. The van der Waals surface area contributed by atoms with E-state index in [0.29, 0.717) is 0 Å². The molecule has 1 fully saturated rings. The SMILES string of the molecule is C1CCC1.O=C(O)OC(=O)O. The lowest BCUT2D eigenvalue weighted by atomic mass is 10.0. The van der Waals surface area contributed by atoms with Crippen molar-refractivity contribution in [2.45, 2.75) is 25.7 Å². The van der Waals surface area contributed by atoms with E-state index >= 15 is 0 Å². The molecule has 0 aliphatic heterocycles. The summed E-state index contributed by atoms with van der Waals surface area (Å²) in [5.41, 5.74) is 0. The summed E-state index contributed by atoms with van der Waals surface area (Å²) in [5.74, 6) is 0. The predicted molar refractivity (Wildman–Crippen MR) is 35.6 cm³/mol. The molecule has 0 bridgehead atoms. The Morgan fingerprint density at radius 2 is 1.18 bits per heavy atom. The van der Waals surface area contributed by atoms with Gasteiger partial charge >= 0.3 is 12.3 Å². The van der Waals surface area contributed by atoms with Gasteiger partial charge in [0.1, 0.15) is 0 Å². The molecule has 5 heteroatoms. The lowest BCUT2D eigenvalue weighted by molar-refractivity contribution is 0.0802.